The summed E-state index contributed by atoms with van der Waals surface area (Å²) in [5, 5.41) is 0. The Balaban J connectivity index is 2.07. The van der Waals surface area contributed by atoms with Crippen molar-refractivity contribution in [3.8, 4) is 0 Å². The average molecular weight is 246 g/mol. The minimum atomic E-state index is -0.227. The highest BCUT2D eigenvalue weighted by Crippen LogP contribution is 2.24. The second kappa shape index (κ2) is 5.66. The van der Waals surface area contributed by atoms with Gasteiger partial charge in [0.15, 0.2) is 5.78 Å². The minimum Gasteiger partial charge on any atom is -0.367 e. The molecule has 0 bridgehead atoms. The molecule has 1 aliphatic rings. The van der Waals surface area contributed by atoms with E-state index in [9.17, 15) is 4.79 Å². The smallest absolute Gasteiger partial charge is 0.191 e. The van der Waals surface area contributed by atoms with Gasteiger partial charge in [-0.2, -0.15) is 0 Å². The molecular weight excluding hydrogens is 224 g/mol. The zero-order valence-corrected chi connectivity index (χ0v) is 11.5. The fourth-order valence-corrected chi connectivity index (χ4v) is 2.39. The monoisotopic (exact) mass is 246 g/mol. The summed E-state index contributed by atoms with van der Waals surface area (Å²) >= 11 is 0. The van der Waals surface area contributed by atoms with Crippen molar-refractivity contribution < 1.29 is 9.53 Å². The number of benzene rings is 1. The molecule has 1 aromatic rings. The molecule has 2 nitrogen and oxygen atoms in total. The summed E-state index contributed by atoms with van der Waals surface area (Å²) in [7, 11) is 0. The molecule has 98 valence electrons. The molecule has 1 heterocycles. The number of hydrogen-bond donors (Lipinski definition) is 0. The first kappa shape index (κ1) is 13.3. The highest BCUT2D eigenvalue weighted by molar-refractivity contribution is 5.99. The topological polar surface area (TPSA) is 26.3 Å². The van der Waals surface area contributed by atoms with Gasteiger partial charge in [0.1, 0.15) is 6.10 Å². The van der Waals surface area contributed by atoms with Crippen LogP contribution in [0.15, 0.2) is 24.3 Å². The lowest BCUT2D eigenvalue weighted by Crippen LogP contribution is -2.20. The predicted octanol–water partition coefficient (Wildman–Crippen LogP) is 3.95. The SMILES string of the molecule is CCC(C)c1ccc(C(=O)C2CCC(C)O2)cc1. The van der Waals surface area contributed by atoms with E-state index in [2.05, 4.69) is 26.0 Å². The molecule has 1 aliphatic heterocycles. The Hall–Kier alpha value is -1.15. The number of ether oxygens (including phenoxy) is 1. The van der Waals surface area contributed by atoms with Gasteiger partial charge in [0, 0.05) is 5.56 Å². The molecule has 1 saturated heterocycles. The van der Waals surface area contributed by atoms with Crippen molar-refractivity contribution >= 4 is 5.78 Å². The molecule has 1 aromatic carbocycles. The van der Waals surface area contributed by atoms with E-state index in [1.165, 1.54) is 5.56 Å². The summed E-state index contributed by atoms with van der Waals surface area (Å²) in [4.78, 5) is 12.2. The Labute approximate surface area is 109 Å². The van der Waals surface area contributed by atoms with E-state index in [0.717, 1.165) is 24.8 Å². The zero-order valence-electron chi connectivity index (χ0n) is 11.5. The van der Waals surface area contributed by atoms with Gasteiger partial charge in [0.2, 0.25) is 0 Å². The van der Waals surface area contributed by atoms with Crippen molar-refractivity contribution in [2.45, 2.75) is 58.2 Å². The highest BCUT2D eigenvalue weighted by atomic mass is 16.5. The Bertz CT molecular complexity index is 408. The first-order chi connectivity index (χ1) is 8.61. The molecule has 0 amide bonds. The molecule has 0 aromatic heterocycles. The van der Waals surface area contributed by atoms with Crippen LogP contribution in [-0.2, 0) is 4.74 Å². The van der Waals surface area contributed by atoms with E-state index in [1.807, 2.05) is 19.1 Å². The number of rotatable bonds is 4. The molecule has 3 unspecified atom stereocenters. The number of carbonyl (C=O) groups is 1. The average Bonchev–Trinajstić information content (AvgIpc) is 2.84. The maximum absolute atomic E-state index is 12.2. The summed E-state index contributed by atoms with van der Waals surface area (Å²) in [6.45, 7) is 6.41. The Kier molecular flexibility index (Phi) is 4.18. The highest BCUT2D eigenvalue weighted by Gasteiger charge is 2.28. The van der Waals surface area contributed by atoms with Crippen LogP contribution in [0.3, 0.4) is 0 Å². The van der Waals surface area contributed by atoms with Crippen molar-refractivity contribution in [3.63, 3.8) is 0 Å². The number of ketones is 1. The van der Waals surface area contributed by atoms with E-state index >= 15 is 0 Å². The molecule has 2 heteroatoms. The van der Waals surface area contributed by atoms with E-state index in [4.69, 9.17) is 4.74 Å². The van der Waals surface area contributed by atoms with Crippen LogP contribution in [0, 0.1) is 0 Å². The largest absolute Gasteiger partial charge is 0.367 e. The van der Waals surface area contributed by atoms with Gasteiger partial charge in [0.25, 0.3) is 0 Å². The lowest BCUT2D eigenvalue weighted by atomic mass is 9.95. The van der Waals surface area contributed by atoms with Gasteiger partial charge in [-0.15, -0.1) is 0 Å². The zero-order chi connectivity index (χ0) is 13.1. The van der Waals surface area contributed by atoms with Crippen molar-refractivity contribution in [1.29, 1.82) is 0 Å². The summed E-state index contributed by atoms with van der Waals surface area (Å²) in [5.41, 5.74) is 2.08. The van der Waals surface area contributed by atoms with Gasteiger partial charge in [-0.3, -0.25) is 4.79 Å². The van der Waals surface area contributed by atoms with Crippen LogP contribution >= 0.6 is 0 Å². The van der Waals surface area contributed by atoms with Gasteiger partial charge in [-0.1, -0.05) is 38.1 Å². The van der Waals surface area contributed by atoms with E-state index in [0.29, 0.717) is 5.92 Å². The van der Waals surface area contributed by atoms with Crippen molar-refractivity contribution in [2.24, 2.45) is 0 Å². The van der Waals surface area contributed by atoms with Crippen molar-refractivity contribution in [2.75, 3.05) is 0 Å². The normalized spacial score (nSPS) is 25.1. The van der Waals surface area contributed by atoms with E-state index < -0.39 is 0 Å². The van der Waals surface area contributed by atoms with Crippen molar-refractivity contribution in [1.82, 2.24) is 0 Å². The van der Waals surface area contributed by atoms with Crippen molar-refractivity contribution in [3.05, 3.63) is 35.4 Å². The Morgan fingerprint density at radius 3 is 2.50 bits per heavy atom. The lowest BCUT2D eigenvalue weighted by Gasteiger charge is -2.12. The number of Topliss-reactive ketones (excluding diaryl/α,β-unsaturated/α-hetero) is 1. The van der Waals surface area contributed by atoms with Crippen LogP contribution in [0.5, 0.6) is 0 Å². The Morgan fingerprint density at radius 1 is 1.33 bits per heavy atom. The molecule has 0 saturated carbocycles. The standard InChI is InChI=1S/C16H22O2/c1-4-11(2)13-6-8-14(9-7-13)16(17)15-10-5-12(3)18-15/h6-9,11-12,15H,4-5,10H2,1-3H3. The molecule has 0 spiro atoms. The second-order valence-electron chi connectivity index (χ2n) is 5.31. The van der Waals surface area contributed by atoms with Crippen LogP contribution in [-0.4, -0.2) is 18.0 Å². The van der Waals surface area contributed by atoms with Crippen LogP contribution in [0.4, 0.5) is 0 Å². The fraction of sp³-hybridized carbons (Fsp3) is 0.562. The van der Waals surface area contributed by atoms with E-state index in [1.54, 1.807) is 0 Å². The first-order valence-electron chi connectivity index (χ1n) is 6.91. The molecule has 0 N–H and O–H groups in total. The van der Waals surface area contributed by atoms with Crippen LogP contribution < -0.4 is 0 Å². The molecule has 0 aliphatic carbocycles. The number of hydrogen-bond acceptors (Lipinski definition) is 2. The molecule has 0 radical (unpaired) electrons. The van der Waals surface area contributed by atoms with Gasteiger partial charge in [-0.25, -0.2) is 0 Å². The first-order valence-corrected chi connectivity index (χ1v) is 6.91. The third kappa shape index (κ3) is 2.81. The molecule has 3 atom stereocenters. The van der Waals surface area contributed by atoms with Crippen LogP contribution in [0.1, 0.15) is 61.9 Å². The third-order valence-electron chi connectivity index (χ3n) is 3.90. The maximum atomic E-state index is 12.2. The van der Waals surface area contributed by atoms with Crippen LogP contribution in [0.25, 0.3) is 0 Å². The maximum Gasteiger partial charge on any atom is 0.191 e. The molecular formula is C16H22O2. The summed E-state index contributed by atoms with van der Waals surface area (Å²) in [6, 6.07) is 8.02. The van der Waals surface area contributed by atoms with Gasteiger partial charge < -0.3 is 4.74 Å². The van der Waals surface area contributed by atoms with E-state index in [-0.39, 0.29) is 18.0 Å². The third-order valence-corrected chi connectivity index (χ3v) is 3.90. The molecule has 18 heavy (non-hydrogen) atoms. The fourth-order valence-electron chi connectivity index (χ4n) is 2.39. The second-order valence-corrected chi connectivity index (χ2v) is 5.31. The van der Waals surface area contributed by atoms with Gasteiger partial charge >= 0.3 is 0 Å². The van der Waals surface area contributed by atoms with Gasteiger partial charge in [0.05, 0.1) is 6.10 Å². The molecule has 2 rings (SSSR count). The Morgan fingerprint density at radius 2 is 2.00 bits per heavy atom. The minimum absolute atomic E-state index is 0.134. The summed E-state index contributed by atoms with van der Waals surface area (Å²) < 4.78 is 5.63. The predicted molar refractivity (Wildman–Crippen MR) is 73.0 cm³/mol. The summed E-state index contributed by atoms with van der Waals surface area (Å²) in [5.74, 6) is 0.687. The van der Waals surface area contributed by atoms with Gasteiger partial charge in [-0.05, 0) is 37.7 Å². The molecule has 1 fully saturated rings. The quantitative estimate of drug-likeness (QED) is 0.752. The summed E-state index contributed by atoms with van der Waals surface area (Å²) in [6.07, 6.45) is 2.96. The number of carbonyl (C=O) groups excluding carboxylic acids is 1. The lowest BCUT2D eigenvalue weighted by molar-refractivity contribution is 0.0433. The van der Waals surface area contributed by atoms with Crippen LogP contribution in [0.2, 0.25) is 0 Å².